The number of hydrogen-bond donors (Lipinski definition) is 1. The molecule has 6 nitrogen and oxygen atoms in total. The maximum Gasteiger partial charge on any atom is 0.235 e. The van der Waals surface area contributed by atoms with E-state index >= 15 is 0 Å². The minimum absolute atomic E-state index is 0.0404. The lowest BCUT2D eigenvalue weighted by Crippen LogP contribution is -2.18. The lowest BCUT2D eigenvalue weighted by atomic mass is 10.2. The third kappa shape index (κ3) is 5.05. The Morgan fingerprint density at radius 1 is 1.14 bits per heavy atom. The van der Waals surface area contributed by atoms with E-state index in [9.17, 15) is 13.6 Å². The highest BCUT2D eigenvalue weighted by Crippen LogP contribution is 2.31. The second-order valence-electron chi connectivity index (χ2n) is 5.94. The normalized spacial score (nSPS) is 10.6. The van der Waals surface area contributed by atoms with Crippen molar-refractivity contribution in [2.75, 3.05) is 25.3 Å². The van der Waals surface area contributed by atoms with Crippen LogP contribution >= 0.6 is 11.8 Å². The van der Waals surface area contributed by atoms with E-state index in [-0.39, 0.29) is 11.7 Å². The molecule has 0 aliphatic heterocycles. The summed E-state index contributed by atoms with van der Waals surface area (Å²) in [6.45, 7) is 0.360. The van der Waals surface area contributed by atoms with Crippen LogP contribution in [0.15, 0.2) is 53.6 Å². The number of rotatable bonds is 8. The molecular weight excluding hydrogens is 400 g/mol. The number of benzene rings is 2. The molecule has 152 valence electrons. The van der Waals surface area contributed by atoms with E-state index in [0.717, 1.165) is 29.5 Å². The highest BCUT2D eigenvalue weighted by atomic mass is 32.2. The second-order valence-corrected chi connectivity index (χ2v) is 6.99. The molecule has 3 aromatic rings. The fourth-order valence-corrected chi connectivity index (χ4v) is 3.42. The number of para-hydroxylation sites is 1. The van der Waals surface area contributed by atoms with Gasteiger partial charge in [-0.25, -0.2) is 13.5 Å². The molecule has 29 heavy (non-hydrogen) atoms. The Morgan fingerprint density at radius 2 is 1.97 bits per heavy atom. The number of carbonyl (C=O) groups excluding carboxylic acids is 1. The first-order chi connectivity index (χ1) is 14.0. The molecule has 2 aromatic carbocycles. The van der Waals surface area contributed by atoms with Gasteiger partial charge in [0.05, 0.1) is 32.7 Å². The first-order valence-corrected chi connectivity index (χ1v) is 9.59. The summed E-state index contributed by atoms with van der Waals surface area (Å²) in [5.74, 6) is -0.415. The predicted octanol–water partition coefficient (Wildman–Crippen LogP) is 3.96. The summed E-state index contributed by atoms with van der Waals surface area (Å²) in [6.07, 6.45) is 1.57. The van der Waals surface area contributed by atoms with Crippen LogP contribution in [0.1, 0.15) is 5.56 Å². The molecule has 1 N–H and O–H groups in total. The molecule has 1 heterocycles. The Kier molecular flexibility index (Phi) is 6.71. The Labute approximate surface area is 170 Å². The van der Waals surface area contributed by atoms with Crippen LogP contribution in [-0.2, 0) is 11.3 Å². The summed E-state index contributed by atoms with van der Waals surface area (Å²) in [5, 5.41) is 7.02. The molecule has 0 aliphatic carbocycles. The van der Waals surface area contributed by atoms with Crippen LogP contribution in [0.3, 0.4) is 0 Å². The van der Waals surface area contributed by atoms with Gasteiger partial charge in [-0.2, -0.15) is 5.10 Å². The van der Waals surface area contributed by atoms with Crippen molar-refractivity contribution in [3.63, 3.8) is 0 Å². The fourth-order valence-electron chi connectivity index (χ4n) is 2.70. The van der Waals surface area contributed by atoms with E-state index < -0.39 is 11.6 Å². The number of aromatic nitrogens is 2. The zero-order valence-electron chi connectivity index (χ0n) is 15.8. The van der Waals surface area contributed by atoms with Gasteiger partial charge in [0.2, 0.25) is 5.91 Å². The Balaban J connectivity index is 1.66. The van der Waals surface area contributed by atoms with Gasteiger partial charge in [0, 0.05) is 16.5 Å². The highest BCUT2D eigenvalue weighted by Gasteiger charge is 2.14. The zero-order valence-corrected chi connectivity index (χ0v) is 16.6. The van der Waals surface area contributed by atoms with Crippen molar-refractivity contribution in [1.82, 2.24) is 9.78 Å². The van der Waals surface area contributed by atoms with E-state index in [1.807, 2.05) is 12.1 Å². The number of amides is 1. The van der Waals surface area contributed by atoms with Crippen LogP contribution in [0.5, 0.6) is 11.5 Å². The van der Waals surface area contributed by atoms with Gasteiger partial charge in [-0.1, -0.05) is 12.1 Å². The summed E-state index contributed by atoms with van der Waals surface area (Å²) in [6, 6.07) is 10.7. The van der Waals surface area contributed by atoms with Crippen LogP contribution in [0.25, 0.3) is 0 Å². The summed E-state index contributed by atoms with van der Waals surface area (Å²) in [4.78, 5) is 12.7. The SMILES string of the molecule is COc1cccc(Cn2nccc2NC(=O)CSc2ccc(F)c(F)c2)c1OC. The number of nitrogens with one attached hydrogen (secondary N) is 1. The average Bonchev–Trinajstić information content (AvgIpc) is 3.15. The molecule has 0 aliphatic rings. The van der Waals surface area contributed by atoms with Gasteiger partial charge in [0.25, 0.3) is 0 Å². The summed E-state index contributed by atoms with van der Waals surface area (Å²) in [5.41, 5.74) is 0.835. The number of hydrogen-bond acceptors (Lipinski definition) is 5. The monoisotopic (exact) mass is 419 g/mol. The van der Waals surface area contributed by atoms with Crippen LogP contribution in [-0.4, -0.2) is 35.7 Å². The smallest absolute Gasteiger partial charge is 0.235 e. The van der Waals surface area contributed by atoms with Crippen LogP contribution in [0.4, 0.5) is 14.6 Å². The van der Waals surface area contributed by atoms with Crippen molar-refractivity contribution in [2.24, 2.45) is 0 Å². The van der Waals surface area contributed by atoms with Gasteiger partial charge in [-0.15, -0.1) is 11.8 Å². The van der Waals surface area contributed by atoms with Crippen molar-refractivity contribution in [1.29, 1.82) is 0 Å². The number of thioether (sulfide) groups is 1. The lowest BCUT2D eigenvalue weighted by molar-refractivity contribution is -0.113. The van der Waals surface area contributed by atoms with E-state index in [4.69, 9.17) is 9.47 Å². The number of ether oxygens (including phenoxy) is 2. The number of carbonyl (C=O) groups is 1. The summed E-state index contributed by atoms with van der Waals surface area (Å²) < 4.78 is 38.6. The molecule has 0 radical (unpaired) electrons. The average molecular weight is 419 g/mol. The van der Waals surface area contributed by atoms with E-state index in [2.05, 4.69) is 10.4 Å². The zero-order chi connectivity index (χ0) is 20.8. The van der Waals surface area contributed by atoms with Crippen LogP contribution in [0, 0.1) is 11.6 Å². The van der Waals surface area contributed by atoms with Gasteiger partial charge in [-0.05, 0) is 24.3 Å². The number of nitrogens with zero attached hydrogens (tertiary/aromatic N) is 2. The molecule has 1 aromatic heterocycles. The molecule has 0 spiro atoms. The van der Waals surface area contributed by atoms with Crippen molar-refractivity contribution in [3.05, 3.63) is 65.9 Å². The second kappa shape index (κ2) is 9.42. The lowest BCUT2D eigenvalue weighted by Gasteiger charge is -2.14. The molecule has 0 bridgehead atoms. The van der Waals surface area contributed by atoms with E-state index in [1.165, 1.54) is 6.07 Å². The summed E-state index contributed by atoms with van der Waals surface area (Å²) in [7, 11) is 3.12. The van der Waals surface area contributed by atoms with E-state index in [1.54, 1.807) is 37.2 Å². The molecule has 1 amide bonds. The van der Waals surface area contributed by atoms with Crippen LogP contribution < -0.4 is 14.8 Å². The quantitative estimate of drug-likeness (QED) is 0.560. The molecule has 3 rings (SSSR count). The maximum atomic E-state index is 13.3. The van der Waals surface area contributed by atoms with Crippen molar-refractivity contribution in [2.45, 2.75) is 11.4 Å². The van der Waals surface area contributed by atoms with Gasteiger partial charge in [0.15, 0.2) is 23.1 Å². The molecule has 0 saturated heterocycles. The third-order valence-electron chi connectivity index (χ3n) is 4.05. The minimum atomic E-state index is -0.944. The molecule has 0 saturated carbocycles. The van der Waals surface area contributed by atoms with Gasteiger partial charge >= 0.3 is 0 Å². The standard InChI is InChI=1S/C20H19F2N3O3S/c1-27-17-5-3-4-13(20(17)28-2)11-25-18(8-9-23-25)24-19(26)12-29-14-6-7-15(21)16(22)10-14/h3-10H,11-12H2,1-2H3,(H,24,26). The Hall–Kier alpha value is -3.07. The topological polar surface area (TPSA) is 65.4 Å². The summed E-state index contributed by atoms with van der Waals surface area (Å²) >= 11 is 1.11. The third-order valence-corrected chi connectivity index (χ3v) is 5.04. The molecule has 9 heteroatoms. The fraction of sp³-hybridized carbons (Fsp3) is 0.200. The van der Waals surface area contributed by atoms with Gasteiger partial charge in [-0.3, -0.25) is 4.79 Å². The maximum absolute atomic E-state index is 13.3. The molecule has 0 unspecified atom stereocenters. The number of anilines is 1. The number of halogens is 2. The molecule has 0 atom stereocenters. The van der Waals surface area contributed by atoms with Crippen molar-refractivity contribution < 1.29 is 23.0 Å². The first kappa shape index (κ1) is 20.7. The van der Waals surface area contributed by atoms with Crippen molar-refractivity contribution in [3.8, 4) is 11.5 Å². The molecular formula is C20H19F2N3O3S. The Bertz CT molecular complexity index is 1010. The predicted molar refractivity (Wildman–Crippen MR) is 107 cm³/mol. The first-order valence-electron chi connectivity index (χ1n) is 8.61. The van der Waals surface area contributed by atoms with Gasteiger partial charge in [0.1, 0.15) is 5.82 Å². The highest BCUT2D eigenvalue weighted by molar-refractivity contribution is 8.00. The van der Waals surface area contributed by atoms with Crippen molar-refractivity contribution >= 4 is 23.5 Å². The van der Waals surface area contributed by atoms with Crippen LogP contribution in [0.2, 0.25) is 0 Å². The molecule has 0 fully saturated rings. The number of methoxy groups -OCH3 is 2. The van der Waals surface area contributed by atoms with E-state index in [0.29, 0.717) is 28.8 Å². The Morgan fingerprint density at radius 3 is 2.69 bits per heavy atom. The van der Waals surface area contributed by atoms with Gasteiger partial charge < -0.3 is 14.8 Å². The minimum Gasteiger partial charge on any atom is -0.493 e. The largest absolute Gasteiger partial charge is 0.493 e.